The summed E-state index contributed by atoms with van der Waals surface area (Å²) in [5.41, 5.74) is 2.96. The van der Waals surface area contributed by atoms with Crippen molar-refractivity contribution in [3.8, 4) is 11.4 Å². The molecule has 4 aromatic rings. The topological polar surface area (TPSA) is 63.6 Å². The van der Waals surface area contributed by atoms with Gasteiger partial charge in [0, 0.05) is 24.3 Å². The maximum absolute atomic E-state index is 13.7. The molecule has 0 unspecified atom stereocenters. The number of pyridine rings is 1. The zero-order valence-corrected chi connectivity index (χ0v) is 16.8. The largest absolute Gasteiger partial charge is 0.356 e. The number of rotatable bonds is 4. The van der Waals surface area contributed by atoms with E-state index in [0.717, 1.165) is 18.2 Å². The van der Waals surface area contributed by atoms with E-state index < -0.39 is 0 Å². The number of benzene rings is 1. The minimum atomic E-state index is -0.357. The van der Waals surface area contributed by atoms with Gasteiger partial charge in [0.25, 0.3) is 5.91 Å². The SMILES string of the molecule is CCN(C(=O)c1ccc2c(-c3cnc4ccc(F)cn34)noc2c1)C1CCCCC1. The molecule has 1 aliphatic carbocycles. The predicted molar refractivity (Wildman–Crippen MR) is 112 cm³/mol. The van der Waals surface area contributed by atoms with Gasteiger partial charge in [-0.25, -0.2) is 9.37 Å². The number of aromatic nitrogens is 3. The highest BCUT2D eigenvalue weighted by Gasteiger charge is 2.26. The fraction of sp³-hybridized carbons (Fsp3) is 0.348. The summed E-state index contributed by atoms with van der Waals surface area (Å²) in [5, 5.41) is 4.95. The number of hydrogen-bond acceptors (Lipinski definition) is 4. The third-order valence-electron chi connectivity index (χ3n) is 6.05. The van der Waals surface area contributed by atoms with Crippen LogP contribution in [-0.2, 0) is 0 Å². The normalized spacial score (nSPS) is 15.1. The van der Waals surface area contributed by atoms with Gasteiger partial charge >= 0.3 is 0 Å². The van der Waals surface area contributed by atoms with Gasteiger partial charge in [0.1, 0.15) is 17.2 Å². The number of halogens is 1. The molecule has 0 bridgehead atoms. The lowest BCUT2D eigenvalue weighted by atomic mass is 9.93. The average Bonchev–Trinajstić information content (AvgIpc) is 3.37. The summed E-state index contributed by atoms with van der Waals surface area (Å²) >= 11 is 0. The minimum absolute atomic E-state index is 0.0288. The van der Waals surface area contributed by atoms with E-state index in [4.69, 9.17) is 4.52 Å². The van der Waals surface area contributed by atoms with Gasteiger partial charge in [-0.1, -0.05) is 24.4 Å². The first kappa shape index (κ1) is 18.8. The summed E-state index contributed by atoms with van der Waals surface area (Å²) in [6.45, 7) is 2.72. The smallest absolute Gasteiger partial charge is 0.254 e. The number of imidazole rings is 1. The van der Waals surface area contributed by atoms with Crippen LogP contribution in [0.4, 0.5) is 4.39 Å². The molecule has 3 aromatic heterocycles. The molecule has 30 heavy (non-hydrogen) atoms. The molecule has 3 heterocycles. The van der Waals surface area contributed by atoms with Crippen LogP contribution in [0.15, 0.2) is 47.2 Å². The Morgan fingerprint density at radius 2 is 2.07 bits per heavy atom. The first-order valence-corrected chi connectivity index (χ1v) is 10.5. The molecule has 1 amide bonds. The Kier molecular flexibility index (Phi) is 4.73. The highest BCUT2D eigenvalue weighted by molar-refractivity contribution is 6.00. The van der Waals surface area contributed by atoms with E-state index >= 15 is 0 Å². The van der Waals surface area contributed by atoms with Crippen molar-refractivity contribution in [1.82, 2.24) is 19.4 Å². The molecule has 0 spiro atoms. The van der Waals surface area contributed by atoms with Crippen molar-refractivity contribution < 1.29 is 13.7 Å². The number of hydrogen-bond donors (Lipinski definition) is 0. The molecule has 0 saturated heterocycles. The van der Waals surface area contributed by atoms with E-state index in [1.165, 1.54) is 31.5 Å². The third kappa shape index (κ3) is 3.14. The molecule has 0 radical (unpaired) electrons. The fourth-order valence-corrected chi connectivity index (χ4v) is 4.51. The quantitative estimate of drug-likeness (QED) is 0.474. The third-order valence-corrected chi connectivity index (χ3v) is 6.05. The fourth-order valence-electron chi connectivity index (χ4n) is 4.51. The van der Waals surface area contributed by atoms with E-state index in [0.29, 0.717) is 40.8 Å². The Morgan fingerprint density at radius 3 is 2.87 bits per heavy atom. The van der Waals surface area contributed by atoms with Crippen LogP contribution in [0.1, 0.15) is 49.4 Å². The van der Waals surface area contributed by atoms with E-state index in [2.05, 4.69) is 10.1 Å². The van der Waals surface area contributed by atoms with Crippen molar-refractivity contribution >= 4 is 22.5 Å². The van der Waals surface area contributed by atoms with Crippen molar-refractivity contribution in [2.24, 2.45) is 0 Å². The summed E-state index contributed by atoms with van der Waals surface area (Å²) in [6.07, 6.45) is 8.77. The van der Waals surface area contributed by atoms with Crippen molar-refractivity contribution in [2.75, 3.05) is 6.54 Å². The molecule has 5 rings (SSSR count). The molecule has 1 aliphatic rings. The molecule has 7 heteroatoms. The van der Waals surface area contributed by atoms with Crippen LogP contribution in [0, 0.1) is 5.82 Å². The first-order chi connectivity index (χ1) is 14.7. The van der Waals surface area contributed by atoms with Crippen molar-refractivity contribution in [3.05, 3.63) is 54.1 Å². The Bertz CT molecular complexity index is 1220. The lowest BCUT2D eigenvalue weighted by Crippen LogP contribution is -2.41. The van der Waals surface area contributed by atoms with Crippen LogP contribution in [-0.4, -0.2) is 37.9 Å². The molecule has 0 N–H and O–H groups in total. The molecule has 6 nitrogen and oxygen atoms in total. The highest BCUT2D eigenvalue weighted by Crippen LogP contribution is 2.30. The van der Waals surface area contributed by atoms with Gasteiger partial charge in [-0.2, -0.15) is 0 Å². The van der Waals surface area contributed by atoms with Crippen molar-refractivity contribution in [1.29, 1.82) is 0 Å². The van der Waals surface area contributed by atoms with Crippen LogP contribution in [0.3, 0.4) is 0 Å². The first-order valence-electron chi connectivity index (χ1n) is 10.5. The van der Waals surface area contributed by atoms with Crippen LogP contribution < -0.4 is 0 Å². The molecular weight excluding hydrogens is 383 g/mol. The Morgan fingerprint density at radius 1 is 1.23 bits per heavy atom. The van der Waals surface area contributed by atoms with Crippen molar-refractivity contribution in [2.45, 2.75) is 45.1 Å². The second-order valence-corrected chi connectivity index (χ2v) is 7.84. The Labute approximate surface area is 173 Å². The highest BCUT2D eigenvalue weighted by atomic mass is 19.1. The zero-order valence-electron chi connectivity index (χ0n) is 16.8. The summed E-state index contributed by atoms with van der Waals surface area (Å²) in [7, 11) is 0. The van der Waals surface area contributed by atoms with Gasteiger partial charge < -0.3 is 9.42 Å². The van der Waals surface area contributed by atoms with Crippen LogP contribution in [0.2, 0.25) is 0 Å². The van der Waals surface area contributed by atoms with Gasteiger partial charge in [-0.3, -0.25) is 9.20 Å². The molecule has 1 aromatic carbocycles. The van der Waals surface area contributed by atoms with Crippen LogP contribution >= 0.6 is 0 Å². The second kappa shape index (κ2) is 7.55. The number of carbonyl (C=O) groups is 1. The number of fused-ring (bicyclic) bond motifs is 2. The van der Waals surface area contributed by atoms with Gasteiger partial charge in [0.2, 0.25) is 0 Å². The lowest BCUT2D eigenvalue weighted by Gasteiger charge is -2.33. The van der Waals surface area contributed by atoms with Crippen LogP contribution in [0.25, 0.3) is 28.0 Å². The van der Waals surface area contributed by atoms with Gasteiger partial charge in [-0.15, -0.1) is 0 Å². The summed E-state index contributed by atoms with van der Waals surface area (Å²) < 4.78 is 20.9. The molecule has 0 aliphatic heterocycles. The number of nitrogens with zero attached hydrogens (tertiary/aromatic N) is 4. The Hall–Kier alpha value is -3.22. The van der Waals surface area contributed by atoms with Gasteiger partial charge in [0.15, 0.2) is 5.58 Å². The minimum Gasteiger partial charge on any atom is -0.356 e. The van der Waals surface area contributed by atoms with Gasteiger partial charge in [-0.05, 0) is 50.1 Å². The van der Waals surface area contributed by atoms with Gasteiger partial charge in [0.05, 0.1) is 17.3 Å². The Balaban J connectivity index is 1.50. The number of amides is 1. The monoisotopic (exact) mass is 406 g/mol. The predicted octanol–water partition coefficient (Wildman–Crippen LogP) is 5.08. The van der Waals surface area contributed by atoms with E-state index in [1.54, 1.807) is 22.7 Å². The van der Waals surface area contributed by atoms with E-state index in [-0.39, 0.29) is 11.7 Å². The number of carbonyl (C=O) groups excluding carboxylic acids is 1. The van der Waals surface area contributed by atoms with Crippen LogP contribution in [0.5, 0.6) is 0 Å². The molecule has 1 fully saturated rings. The maximum atomic E-state index is 13.7. The molecule has 154 valence electrons. The van der Waals surface area contributed by atoms with E-state index in [9.17, 15) is 9.18 Å². The lowest BCUT2D eigenvalue weighted by molar-refractivity contribution is 0.0648. The van der Waals surface area contributed by atoms with E-state index in [1.807, 2.05) is 24.0 Å². The summed E-state index contributed by atoms with van der Waals surface area (Å²) in [6, 6.07) is 8.72. The average molecular weight is 406 g/mol. The molecule has 1 saturated carbocycles. The zero-order chi connectivity index (χ0) is 20.7. The van der Waals surface area contributed by atoms with Crippen molar-refractivity contribution in [3.63, 3.8) is 0 Å². The summed E-state index contributed by atoms with van der Waals surface area (Å²) in [4.78, 5) is 19.5. The summed E-state index contributed by atoms with van der Waals surface area (Å²) in [5.74, 6) is -0.328. The molecule has 0 atom stereocenters. The maximum Gasteiger partial charge on any atom is 0.254 e. The standard InChI is InChI=1S/C23H23FN4O2/c1-2-27(17-6-4-3-5-7-17)23(29)15-8-10-18-20(12-15)30-26-22(18)19-13-25-21-11-9-16(24)14-28(19)21/h8-14,17H,2-7H2,1H3. The second-order valence-electron chi connectivity index (χ2n) is 7.84. The molecular formula is C23H23FN4O2.